The van der Waals surface area contributed by atoms with Crippen LogP contribution in [0.1, 0.15) is 24.0 Å². The lowest BCUT2D eigenvalue weighted by Crippen LogP contribution is -2.46. The van der Waals surface area contributed by atoms with Gasteiger partial charge in [0.1, 0.15) is 12.6 Å². The molecule has 0 bridgehead atoms. The molecular weight excluding hydrogens is 376 g/mol. The number of likely N-dealkylation sites (N-methyl/N-ethyl adjacent to an activating group) is 1. The molecule has 1 aliphatic rings. The van der Waals surface area contributed by atoms with Gasteiger partial charge in [0.25, 0.3) is 5.91 Å². The Morgan fingerprint density at radius 2 is 1.62 bits per heavy atom. The lowest BCUT2D eigenvalue weighted by atomic mass is 9.98. The van der Waals surface area contributed by atoms with E-state index in [1.807, 2.05) is 48.5 Å². The Balaban J connectivity index is 1.58. The summed E-state index contributed by atoms with van der Waals surface area (Å²) in [6.07, 6.45) is -0.737. The highest BCUT2D eigenvalue weighted by Gasteiger charge is 2.29. The molecule has 0 spiro atoms. The molecule has 8 nitrogen and oxygen atoms in total. The third kappa shape index (κ3) is 4.55. The molecule has 2 aromatic carbocycles. The lowest BCUT2D eigenvalue weighted by Gasteiger charge is -2.21. The molecule has 0 saturated heterocycles. The van der Waals surface area contributed by atoms with Gasteiger partial charge in [0.05, 0.1) is 0 Å². The van der Waals surface area contributed by atoms with Gasteiger partial charge in [-0.3, -0.25) is 9.63 Å². The Kier molecular flexibility index (Phi) is 6.13. The van der Waals surface area contributed by atoms with E-state index in [4.69, 9.17) is 14.7 Å². The molecule has 1 unspecified atom stereocenters. The highest BCUT2D eigenvalue weighted by atomic mass is 16.7. The highest BCUT2D eigenvalue weighted by Crippen LogP contribution is 2.44. The number of nitrogens with zero attached hydrogens (tertiary/aromatic N) is 1. The Morgan fingerprint density at radius 3 is 2.17 bits per heavy atom. The molecular formula is C21H22N2O6. The molecule has 152 valence electrons. The first-order valence-corrected chi connectivity index (χ1v) is 9.12. The van der Waals surface area contributed by atoms with Crippen molar-refractivity contribution in [2.45, 2.75) is 18.9 Å². The molecule has 0 fully saturated rings. The summed E-state index contributed by atoms with van der Waals surface area (Å²) in [7, 11) is 1.28. The smallest absolute Gasteiger partial charge is 0.407 e. The zero-order valence-corrected chi connectivity index (χ0v) is 16.1. The number of rotatable bonds is 7. The number of ether oxygens (including phenoxy) is 1. The molecule has 0 radical (unpaired) electrons. The van der Waals surface area contributed by atoms with E-state index in [0.29, 0.717) is 0 Å². The van der Waals surface area contributed by atoms with E-state index in [2.05, 4.69) is 5.32 Å². The number of alkyl carbamates (subject to hydrolysis) is 1. The second-order valence-corrected chi connectivity index (χ2v) is 6.69. The Bertz CT molecular complexity index is 883. The first-order chi connectivity index (χ1) is 13.9. The largest absolute Gasteiger partial charge is 0.479 e. The van der Waals surface area contributed by atoms with Crippen LogP contribution in [0.25, 0.3) is 11.1 Å². The molecule has 0 heterocycles. The number of hydrogen-bond acceptors (Lipinski definition) is 5. The fourth-order valence-corrected chi connectivity index (χ4v) is 3.37. The number of benzene rings is 2. The fraction of sp³-hybridized carbons (Fsp3) is 0.286. The minimum atomic E-state index is -1.21. The Labute approximate surface area is 168 Å². The number of carboxylic acids is 1. The van der Waals surface area contributed by atoms with Crippen molar-refractivity contribution >= 4 is 18.0 Å². The molecule has 2 N–H and O–H groups in total. The maximum absolute atomic E-state index is 12.2. The van der Waals surface area contributed by atoms with Gasteiger partial charge in [0, 0.05) is 13.0 Å². The van der Waals surface area contributed by atoms with Gasteiger partial charge in [-0.25, -0.2) is 14.7 Å². The number of fused-ring (bicyclic) bond motifs is 3. The average Bonchev–Trinajstić information content (AvgIpc) is 3.03. The number of carboxylic acid groups (broad SMARTS) is 1. The quantitative estimate of drug-likeness (QED) is 0.694. The minimum absolute atomic E-state index is 0.0827. The van der Waals surface area contributed by atoms with Crippen molar-refractivity contribution < 1.29 is 29.1 Å². The SMILES string of the molecule is CC(NC(=O)OCC1c2ccccc2-c2ccccc21)C(=O)N(C)OCC(=O)O. The van der Waals surface area contributed by atoms with E-state index in [9.17, 15) is 14.4 Å². The van der Waals surface area contributed by atoms with Crippen LogP contribution in [0, 0.1) is 0 Å². The van der Waals surface area contributed by atoms with Gasteiger partial charge in [-0.05, 0) is 29.2 Å². The second-order valence-electron chi connectivity index (χ2n) is 6.69. The summed E-state index contributed by atoms with van der Waals surface area (Å²) in [6, 6.07) is 15.0. The number of carbonyl (C=O) groups excluding carboxylic acids is 2. The summed E-state index contributed by atoms with van der Waals surface area (Å²) in [4.78, 5) is 39.6. The van der Waals surface area contributed by atoms with Gasteiger partial charge in [0.15, 0.2) is 6.61 Å². The number of nitrogens with one attached hydrogen (secondary N) is 1. The van der Waals surface area contributed by atoms with Gasteiger partial charge in [-0.1, -0.05) is 48.5 Å². The number of hydrogen-bond donors (Lipinski definition) is 2. The van der Waals surface area contributed by atoms with E-state index in [-0.39, 0.29) is 12.5 Å². The molecule has 2 aromatic rings. The van der Waals surface area contributed by atoms with Crippen LogP contribution >= 0.6 is 0 Å². The van der Waals surface area contributed by atoms with Crippen LogP contribution in [-0.2, 0) is 19.2 Å². The first-order valence-electron chi connectivity index (χ1n) is 9.12. The van der Waals surface area contributed by atoms with Gasteiger partial charge in [-0.2, -0.15) is 0 Å². The molecule has 1 atom stereocenters. The van der Waals surface area contributed by atoms with Crippen molar-refractivity contribution in [2.75, 3.05) is 20.3 Å². The predicted octanol–water partition coefficient (Wildman–Crippen LogP) is 2.39. The standard InChI is InChI=1S/C21H22N2O6/c1-13(20(26)23(2)29-12-19(24)25)22-21(27)28-11-18-16-9-5-3-7-14(16)15-8-4-6-10-17(15)18/h3-10,13,18H,11-12H2,1-2H3,(H,22,27)(H,24,25). The third-order valence-electron chi connectivity index (χ3n) is 4.74. The molecule has 0 aliphatic heterocycles. The topological polar surface area (TPSA) is 105 Å². The van der Waals surface area contributed by atoms with E-state index in [1.165, 1.54) is 14.0 Å². The van der Waals surface area contributed by atoms with Crippen LogP contribution in [0.2, 0.25) is 0 Å². The maximum Gasteiger partial charge on any atom is 0.407 e. The summed E-state index contributed by atoms with van der Waals surface area (Å²) in [5.74, 6) is -1.89. The van der Waals surface area contributed by atoms with Crippen LogP contribution in [0.4, 0.5) is 4.79 Å². The van der Waals surface area contributed by atoms with E-state index >= 15 is 0 Å². The zero-order chi connectivity index (χ0) is 21.0. The van der Waals surface area contributed by atoms with Crippen LogP contribution in [0.5, 0.6) is 0 Å². The molecule has 0 aromatic heterocycles. The van der Waals surface area contributed by atoms with Crippen molar-refractivity contribution in [1.82, 2.24) is 10.4 Å². The minimum Gasteiger partial charge on any atom is -0.479 e. The highest BCUT2D eigenvalue weighted by molar-refractivity contribution is 5.84. The van der Waals surface area contributed by atoms with E-state index in [0.717, 1.165) is 27.3 Å². The molecule has 2 amide bonds. The van der Waals surface area contributed by atoms with E-state index < -0.39 is 30.6 Å². The summed E-state index contributed by atoms with van der Waals surface area (Å²) < 4.78 is 5.38. The predicted molar refractivity (Wildman–Crippen MR) is 104 cm³/mol. The molecule has 1 aliphatic carbocycles. The third-order valence-corrected chi connectivity index (χ3v) is 4.74. The van der Waals surface area contributed by atoms with Crippen LogP contribution in [0.15, 0.2) is 48.5 Å². The molecule has 8 heteroatoms. The Morgan fingerprint density at radius 1 is 1.07 bits per heavy atom. The second kappa shape index (κ2) is 8.74. The number of carbonyl (C=O) groups is 3. The molecule has 3 rings (SSSR count). The summed E-state index contributed by atoms with van der Waals surface area (Å²) in [5.41, 5.74) is 4.43. The average molecular weight is 398 g/mol. The Hall–Kier alpha value is -3.39. The summed E-state index contributed by atoms with van der Waals surface area (Å²) in [6.45, 7) is 0.941. The van der Waals surface area contributed by atoms with Crippen molar-refractivity contribution in [1.29, 1.82) is 0 Å². The lowest BCUT2D eigenvalue weighted by molar-refractivity contribution is -0.187. The van der Waals surface area contributed by atoms with Crippen LogP contribution < -0.4 is 5.32 Å². The normalized spacial score (nSPS) is 13.2. The molecule has 0 saturated carbocycles. The summed E-state index contributed by atoms with van der Waals surface area (Å²) in [5, 5.41) is 11.8. The first kappa shape index (κ1) is 20.3. The van der Waals surface area contributed by atoms with Crippen molar-refractivity contribution in [3.05, 3.63) is 59.7 Å². The molecule has 29 heavy (non-hydrogen) atoms. The zero-order valence-electron chi connectivity index (χ0n) is 16.1. The number of amides is 2. The number of aliphatic carboxylic acids is 1. The van der Waals surface area contributed by atoms with Gasteiger partial charge >= 0.3 is 12.1 Å². The van der Waals surface area contributed by atoms with Gasteiger partial charge < -0.3 is 15.2 Å². The van der Waals surface area contributed by atoms with Gasteiger partial charge in [-0.15, -0.1) is 0 Å². The van der Waals surface area contributed by atoms with Crippen LogP contribution in [-0.4, -0.2) is 54.4 Å². The van der Waals surface area contributed by atoms with Crippen molar-refractivity contribution in [3.8, 4) is 11.1 Å². The summed E-state index contributed by atoms with van der Waals surface area (Å²) >= 11 is 0. The number of hydroxylamine groups is 2. The monoisotopic (exact) mass is 398 g/mol. The van der Waals surface area contributed by atoms with Crippen LogP contribution in [0.3, 0.4) is 0 Å². The maximum atomic E-state index is 12.2. The van der Waals surface area contributed by atoms with Crippen molar-refractivity contribution in [3.63, 3.8) is 0 Å². The van der Waals surface area contributed by atoms with Gasteiger partial charge in [0.2, 0.25) is 0 Å². The van der Waals surface area contributed by atoms with E-state index in [1.54, 1.807) is 0 Å². The van der Waals surface area contributed by atoms with Crippen molar-refractivity contribution in [2.24, 2.45) is 0 Å². The fourth-order valence-electron chi connectivity index (χ4n) is 3.37.